The van der Waals surface area contributed by atoms with Gasteiger partial charge >= 0.3 is 0 Å². The molecule has 0 aliphatic carbocycles. The smallest absolute Gasteiger partial charge is 0.251 e. The predicted molar refractivity (Wildman–Crippen MR) is 84.8 cm³/mol. The van der Waals surface area contributed by atoms with E-state index in [-0.39, 0.29) is 11.4 Å². The molecule has 0 bridgehead atoms. The number of aromatic amines is 1. The zero-order valence-electron chi connectivity index (χ0n) is 12.4. The fourth-order valence-corrected chi connectivity index (χ4v) is 2.20. The Morgan fingerprint density at radius 1 is 1.55 bits per heavy atom. The normalized spacial score (nSPS) is 11.7. The van der Waals surface area contributed by atoms with E-state index < -0.39 is 0 Å². The van der Waals surface area contributed by atoms with Crippen LogP contribution in [-0.4, -0.2) is 15.7 Å². The molecular weight excluding hydrogens is 275 g/mol. The van der Waals surface area contributed by atoms with Crippen LogP contribution in [0.3, 0.4) is 0 Å². The van der Waals surface area contributed by atoms with Crippen molar-refractivity contribution >= 4 is 11.8 Å². The van der Waals surface area contributed by atoms with Crippen molar-refractivity contribution in [3.8, 4) is 0 Å². The highest BCUT2D eigenvalue weighted by Crippen LogP contribution is 2.20. The van der Waals surface area contributed by atoms with Crippen molar-refractivity contribution < 1.29 is 4.39 Å². The molecule has 1 aromatic rings. The number of hydrogen-bond donors (Lipinski definition) is 1. The minimum atomic E-state index is -0.365. The molecule has 20 heavy (non-hydrogen) atoms. The molecule has 0 aromatic carbocycles. The van der Waals surface area contributed by atoms with Crippen molar-refractivity contribution in [1.82, 2.24) is 9.97 Å². The summed E-state index contributed by atoms with van der Waals surface area (Å²) in [4.78, 5) is 18.0. The van der Waals surface area contributed by atoms with Gasteiger partial charge in [-0.25, -0.2) is 9.37 Å². The first-order chi connectivity index (χ1) is 9.56. The van der Waals surface area contributed by atoms with Crippen molar-refractivity contribution in [2.75, 3.05) is 5.75 Å². The molecular formula is C15H21FN2OS. The van der Waals surface area contributed by atoms with Crippen LogP contribution < -0.4 is 5.56 Å². The number of allylic oxidation sites excluding steroid dienone is 4. The van der Waals surface area contributed by atoms with Crippen LogP contribution in [0.1, 0.15) is 26.5 Å². The summed E-state index contributed by atoms with van der Waals surface area (Å²) >= 11 is 1.28. The number of aromatic nitrogens is 2. The molecule has 0 saturated carbocycles. The lowest BCUT2D eigenvalue weighted by atomic mass is 10.2. The highest BCUT2D eigenvalue weighted by atomic mass is 32.2. The van der Waals surface area contributed by atoms with Crippen molar-refractivity contribution in [2.45, 2.75) is 32.9 Å². The molecule has 0 fully saturated rings. The van der Waals surface area contributed by atoms with Crippen LogP contribution >= 0.6 is 11.8 Å². The Hall–Kier alpha value is -1.62. The predicted octanol–water partition coefficient (Wildman–Crippen LogP) is 4.18. The first-order valence-corrected chi connectivity index (χ1v) is 7.40. The number of aryl methyl sites for hydroxylation is 1. The van der Waals surface area contributed by atoms with E-state index in [2.05, 4.69) is 16.5 Å². The quantitative estimate of drug-likeness (QED) is 0.503. The van der Waals surface area contributed by atoms with Gasteiger partial charge in [0, 0.05) is 17.5 Å². The Morgan fingerprint density at radius 2 is 2.20 bits per heavy atom. The van der Waals surface area contributed by atoms with Crippen molar-refractivity contribution in [3.05, 3.63) is 58.3 Å². The summed E-state index contributed by atoms with van der Waals surface area (Å²) in [6.07, 6.45) is 4.60. The van der Waals surface area contributed by atoms with Crippen LogP contribution in [0.4, 0.5) is 4.39 Å². The highest BCUT2D eigenvalue weighted by molar-refractivity contribution is 7.99. The maximum absolute atomic E-state index is 13.4. The van der Waals surface area contributed by atoms with Crippen LogP contribution in [0.2, 0.25) is 0 Å². The molecule has 110 valence electrons. The van der Waals surface area contributed by atoms with E-state index in [4.69, 9.17) is 0 Å². The van der Waals surface area contributed by atoms with Crippen LogP contribution in [0.25, 0.3) is 0 Å². The molecule has 0 aliphatic heterocycles. The first-order valence-electron chi connectivity index (χ1n) is 6.41. The largest absolute Gasteiger partial charge is 0.301 e. The Kier molecular flexibility index (Phi) is 9.38. The fourth-order valence-electron chi connectivity index (χ4n) is 1.30. The first kappa shape index (κ1) is 18.4. The molecule has 1 aromatic heterocycles. The highest BCUT2D eigenvalue weighted by Gasteiger charge is 2.04. The molecule has 0 aliphatic rings. The Morgan fingerprint density at radius 3 is 2.70 bits per heavy atom. The van der Waals surface area contributed by atoms with E-state index in [0.717, 1.165) is 0 Å². The number of nitrogens with zero attached hydrogens (tertiary/aromatic N) is 1. The van der Waals surface area contributed by atoms with E-state index in [1.54, 1.807) is 19.1 Å². The van der Waals surface area contributed by atoms with Crippen LogP contribution in [0.5, 0.6) is 0 Å². The molecule has 0 amide bonds. The van der Waals surface area contributed by atoms with E-state index in [1.165, 1.54) is 23.9 Å². The Labute approximate surface area is 123 Å². The molecule has 0 atom stereocenters. The monoisotopic (exact) mass is 296 g/mol. The van der Waals surface area contributed by atoms with Gasteiger partial charge in [-0.05, 0) is 25.5 Å². The lowest BCUT2D eigenvalue weighted by Gasteiger charge is -2.03. The Bertz CT molecular complexity index is 547. The molecule has 1 rings (SSSR count). The third-order valence-corrected chi connectivity index (χ3v) is 2.99. The Balaban J connectivity index is 0.00000172. The lowest BCUT2D eigenvalue weighted by molar-refractivity contribution is 0.659. The zero-order valence-corrected chi connectivity index (χ0v) is 13.2. The third-order valence-electron chi connectivity index (χ3n) is 2.07. The number of thioether (sulfide) groups is 1. The van der Waals surface area contributed by atoms with Crippen molar-refractivity contribution in [1.29, 1.82) is 0 Å². The number of halogens is 1. The fraction of sp³-hybridized carbons (Fsp3) is 0.333. The molecule has 0 spiro atoms. The molecule has 3 nitrogen and oxygen atoms in total. The van der Waals surface area contributed by atoms with E-state index >= 15 is 0 Å². The van der Waals surface area contributed by atoms with Crippen LogP contribution in [0, 0.1) is 6.92 Å². The van der Waals surface area contributed by atoms with Gasteiger partial charge in [0.05, 0.1) is 0 Å². The summed E-state index contributed by atoms with van der Waals surface area (Å²) in [5, 5.41) is 0.485. The van der Waals surface area contributed by atoms with Gasteiger partial charge in [-0.15, -0.1) is 0 Å². The van der Waals surface area contributed by atoms with Gasteiger partial charge in [-0.2, -0.15) is 0 Å². The number of H-pyrrole nitrogens is 1. The molecule has 5 heteroatoms. The van der Waals surface area contributed by atoms with Gasteiger partial charge in [0.2, 0.25) is 0 Å². The van der Waals surface area contributed by atoms with Gasteiger partial charge in [-0.3, -0.25) is 4.79 Å². The summed E-state index contributed by atoms with van der Waals surface area (Å²) in [7, 11) is 0. The summed E-state index contributed by atoms with van der Waals surface area (Å²) in [5.41, 5.74) is 0.953. The maximum Gasteiger partial charge on any atom is 0.251 e. The molecule has 0 unspecified atom stereocenters. The molecule has 0 radical (unpaired) electrons. The molecule has 0 saturated heterocycles. The average molecular weight is 296 g/mol. The average Bonchev–Trinajstić information content (AvgIpc) is 2.43. The van der Waals surface area contributed by atoms with E-state index in [0.29, 0.717) is 22.2 Å². The van der Waals surface area contributed by atoms with Crippen molar-refractivity contribution in [3.63, 3.8) is 0 Å². The van der Waals surface area contributed by atoms with E-state index in [9.17, 15) is 9.18 Å². The molecule has 1 N–H and O–H groups in total. The second-order valence-corrected chi connectivity index (χ2v) is 4.52. The minimum Gasteiger partial charge on any atom is -0.301 e. The summed E-state index contributed by atoms with van der Waals surface area (Å²) < 4.78 is 13.4. The van der Waals surface area contributed by atoms with Gasteiger partial charge in [0.15, 0.2) is 5.16 Å². The lowest BCUT2D eigenvalue weighted by Crippen LogP contribution is -2.08. The summed E-state index contributed by atoms with van der Waals surface area (Å²) in [6.45, 7) is 11.0. The van der Waals surface area contributed by atoms with Crippen LogP contribution in [0.15, 0.2) is 52.2 Å². The standard InChI is InChI=1S/C13H15FN2OS.C2H6/c1-4-6-10(11(14)5-2)8-18-13-15-9(3)7-12(17)16-13;1-2/h4-7H,2,8H2,1,3H3,(H,15,16,17);1-2H3/b6-4-,11-10-;. The van der Waals surface area contributed by atoms with Crippen molar-refractivity contribution in [2.24, 2.45) is 0 Å². The molecule has 1 heterocycles. The van der Waals surface area contributed by atoms with E-state index in [1.807, 2.05) is 20.8 Å². The maximum atomic E-state index is 13.4. The van der Waals surface area contributed by atoms with Gasteiger partial charge in [-0.1, -0.05) is 44.3 Å². The number of rotatable bonds is 5. The van der Waals surface area contributed by atoms with Gasteiger partial charge in [0.1, 0.15) is 5.83 Å². The topological polar surface area (TPSA) is 45.8 Å². The van der Waals surface area contributed by atoms with Crippen LogP contribution in [-0.2, 0) is 0 Å². The second-order valence-electron chi connectivity index (χ2n) is 3.56. The second kappa shape index (κ2) is 10.2. The summed E-state index contributed by atoms with van der Waals surface area (Å²) in [6, 6.07) is 1.41. The van der Waals surface area contributed by atoms with Gasteiger partial charge in [0.25, 0.3) is 5.56 Å². The number of hydrogen-bond acceptors (Lipinski definition) is 3. The zero-order chi connectivity index (χ0) is 15.5. The SMILES string of the molecule is C=C/C(F)=C(\C=C/C)CSc1nc(C)cc(=O)[nH]1.CC. The minimum absolute atomic E-state index is 0.203. The third kappa shape index (κ3) is 6.52. The van der Waals surface area contributed by atoms with Gasteiger partial charge < -0.3 is 4.98 Å². The number of nitrogens with one attached hydrogen (secondary N) is 1. The summed E-state index contributed by atoms with van der Waals surface area (Å²) in [5.74, 6) is 0.0183.